The molecule has 0 saturated carbocycles. The summed E-state index contributed by atoms with van der Waals surface area (Å²) in [7, 11) is -3.53. The first-order chi connectivity index (χ1) is 12.4. The van der Waals surface area contributed by atoms with Gasteiger partial charge in [-0.15, -0.1) is 0 Å². The van der Waals surface area contributed by atoms with Gasteiger partial charge in [0.1, 0.15) is 5.75 Å². The highest BCUT2D eigenvalue weighted by molar-refractivity contribution is 7.89. The Morgan fingerprint density at radius 3 is 2.38 bits per heavy atom. The van der Waals surface area contributed by atoms with Gasteiger partial charge in [0.25, 0.3) is 0 Å². The van der Waals surface area contributed by atoms with E-state index in [-0.39, 0.29) is 22.8 Å². The van der Waals surface area contributed by atoms with Gasteiger partial charge < -0.3 is 10.1 Å². The Hall–Kier alpha value is -1.60. The van der Waals surface area contributed by atoms with Gasteiger partial charge in [-0.1, -0.05) is 13.3 Å². The highest BCUT2D eigenvalue weighted by Gasteiger charge is 2.32. The molecule has 26 heavy (non-hydrogen) atoms. The molecule has 1 aliphatic heterocycles. The van der Waals surface area contributed by atoms with Gasteiger partial charge >= 0.3 is 0 Å². The highest BCUT2D eigenvalue weighted by Crippen LogP contribution is 2.25. The number of ether oxygens (including phenoxy) is 1. The maximum Gasteiger partial charge on any atom is 0.243 e. The Balaban J connectivity index is 1.94. The molecule has 0 aromatic heterocycles. The third kappa shape index (κ3) is 5.20. The molecule has 0 unspecified atom stereocenters. The molecule has 0 spiro atoms. The van der Waals surface area contributed by atoms with Crippen LogP contribution in [0.4, 0.5) is 0 Å². The Kier molecular flexibility index (Phi) is 7.46. The van der Waals surface area contributed by atoms with Gasteiger partial charge in [-0.3, -0.25) is 4.79 Å². The van der Waals surface area contributed by atoms with E-state index in [2.05, 4.69) is 12.2 Å². The van der Waals surface area contributed by atoms with Crippen LogP contribution in [0.1, 0.15) is 46.5 Å². The third-order valence-electron chi connectivity index (χ3n) is 4.71. The van der Waals surface area contributed by atoms with E-state index < -0.39 is 10.0 Å². The fourth-order valence-electron chi connectivity index (χ4n) is 3.25. The minimum atomic E-state index is -3.53. The van der Waals surface area contributed by atoms with Crippen molar-refractivity contribution in [3.8, 4) is 5.75 Å². The number of rotatable bonds is 8. The summed E-state index contributed by atoms with van der Waals surface area (Å²) in [4.78, 5) is 12.6. The smallest absolute Gasteiger partial charge is 0.243 e. The SMILES string of the molecule is CCC[C@H](C)NC(=O)C1CCN(S(=O)(=O)c2ccc(OCC)cc2)CC1. The van der Waals surface area contributed by atoms with Crippen molar-refractivity contribution in [2.24, 2.45) is 5.92 Å². The van der Waals surface area contributed by atoms with Crippen LogP contribution in [-0.2, 0) is 14.8 Å². The molecule has 0 radical (unpaired) electrons. The molecule has 1 heterocycles. The van der Waals surface area contributed by atoms with Gasteiger partial charge in [-0.25, -0.2) is 8.42 Å². The second-order valence-corrected chi connectivity index (χ2v) is 8.72. The summed E-state index contributed by atoms with van der Waals surface area (Å²) in [6.07, 6.45) is 3.10. The molecule has 1 saturated heterocycles. The minimum Gasteiger partial charge on any atom is -0.494 e. The first-order valence-corrected chi connectivity index (χ1v) is 10.9. The van der Waals surface area contributed by atoms with Crippen LogP contribution in [0.15, 0.2) is 29.2 Å². The van der Waals surface area contributed by atoms with Gasteiger partial charge in [-0.05, 0) is 57.4 Å². The van der Waals surface area contributed by atoms with Crippen molar-refractivity contribution in [3.05, 3.63) is 24.3 Å². The fourth-order valence-corrected chi connectivity index (χ4v) is 4.72. The molecule has 0 aliphatic carbocycles. The maximum absolute atomic E-state index is 12.8. The molecule has 0 bridgehead atoms. The van der Waals surface area contributed by atoms with Crippen molar-refractivity contribution in [1.29, 1.82) is 0 Å². The number of carbonyl (C=O) groups is 1. The zero-order valence-electron chi connectivity index (χ0n) is 15.9. The Bertz CT molecular complexity index is 680. The number of sulfonamides is 1. The van der Waals surface area contributed by atoms with Crippen LogP contribution < -0.4 is 10.1 Å². The van der Waals surface area contributed by atoms with E-state index >= 15 is 0 Å². The van der Waals surface area contributed by atoms with Gasteiger partial charge in [-0.2, -0.15) is 4.31 Å². The van der Waals surface area contributed by atoms with E-state index in [9.17, 15) is 13.2 Å². The number of nitrogens with one attached hydrogen (secondary N) is 1. The molecule has 1 fully saturated rings. The van der Waals surface area contributed by atoms with E-state index in [1.165, 1.54) is 4.31 Å². The number of hydrogen-bond donors (Lipinski definition) is 1. The number of hydrogen-bond acceptors (Lipinski definition) is 4. The fraction of sp³-hybridized carbons (Fsp3) is 0.632. The Morgan fingerprint density at radius 2 is 1.85 bits per heavy atom. The van der Waals surface area contributed by atoms with E-state index in [0.717, 1.165) is 12.8 Å². The minimum absolute atomic E-state index is 0.0454. The van der Waals surface area contributed by atoms with Crippen molar-refractivity contribution >= 4 is 15.9 Å². The lowest BCUT2D eigenvalue weighted by molar-refractivity contribution is -0.126. The molecule has 2 rings (SSSR count). The summed E-state index contributed by atoms with van der Waals surface area (Å²) in [5.41, 5.74) is 0. The molecular weight excluding hydrogens is 352 g/mol. The third-order valence-corrected chi connectivity index (χ3v) is 6.62. The van der Waals surface area contributed by atoms with Gasteiger partial charge in [0, 0.05) is 25.0 Å². The van der Waals surface area contributed by atoms with Crippen molar-refractivity contribution in [2.45, 2.75) is 57.4 Å². The van der Waals surface area contributed by atoms with Gasteiger partial charge in [0.05, 0.1) is 11.5 Å². The summed E-state index contributed by atoms with van der Waals surface area (Å²) in [6.45, 7) is 7.26. The first-order valence-electron chi connectivity index (χ1n) is 9.41. The molecule has 7 heteroatoms. The summed E-state index contributed by atoms with van der Waals surface area (Å²) in [6, 6.07) is 6.66. The summed E-state index contributed by atoms with van der Waals surface area (Å²) in [5, 5.41) is 3.03. The molecule has 1 atom stereocenters. The van der Waals surface area contributed by atoms with E-state index in [1.807, 2.05) is 13.8 Å². The lowest BCUT2D eigenvalue weighted by atomic mass is 9.96. The number of piperidine rings is 1. The van der Waals surface area contributed by atoms with E-state index in [0.29, 0.717) is 38.3 Å². The lowest BCUT2D eigenvalue weighted by Crippen LogP contribution is -2.44. The van der Waals surface area contributed by atoms with Gasteiger partial charge in [0.15, 0.2) is 0 Å². The molecule has 6 nitrogen and oxygen atoms in total. The van der Waals surface area contributed by atoms with Crippen molar-refractivity contribution in [2.75, 3.05) is 19.7 Å². The highest BCUT2D eigenvalue weighted by atomic mass is 32.2. The molecule has 146 valence electrons. The summed E-state index contributed by atoms with van der Waals surface area (Å²) in [5.74, 6) is 0.591. The normalized spacial score (nSPS) is 17.7. The zero-order valence-corrected chi connectivity index (χ0v) is 16.7. The molecule has 1 amide bonds. The Morgan fingerprint density at radius 1 is 1.23 bits per heavy atom. The zero-order chi connectivity index (χ0) is 19.2. The van der Waals surface area contributed by atoms with Gasteiger partial charge in [0.2, 0.25) is 15.9 Å². The summed E-state index contributed by atoms with van der Waals surface area (Å²) < 4.78 is 32.4. The van der Waals surface area contributed by atoms with E-state index in [4.69, 9.17) is 4.74 Å². The standard InChI is InChI=1S/C19H30N2O4S/c1-4-6-15(3)20-19(22)16-11-13-21(14-12-16)26(23,24)18-9-7-17(8-10-18)25-5-2/h7-10,15-16H,4-6,11-14H2,1-3H3,(H,20,22)/t15-/m0/s1. The van der Waals surface area contributed by atoms with Crippen LogP contribution in [0.2, 0.25) is 0 Å². The summed E-state index contributed by atoms with van der Waals surface area (Å²) >= 11 is 0. The average Bonchev–Trinajstić information content (AvgIpc) is 2.62. The quantitative estimate of drug-likeness (QED) is 0.750. The number of benzene rings is 1. The predicted octanol–water partition coefficient (Wildman–Crippen LogP) is 2.79. The van der Waals surface area contributed by atoms with Crippen LogP contribution in [0.25, 0.3) is 0 Å². The molecule has 1 aromatic carbocycles. The first kappa shape index (κ1) is 20.7. The Labute approximate surface area is 157 Å². The average molecular weight is 383 g/mol. The topological polar surface area (TPSA) is 75.7 Å². The largest absolute Gasteiger partial charge is 0.494 e. The molecular formula is C19H30N2O4S. The van der Waals surface area contributed by atoms with Crippen LogP contribution >= 0.6 is 0 Å². The molecule has 1 aromatic rings. The van der Waals surface area contributed by atoms with Crippen LogP contribution in [0, 0.1) is 5.92 Å². The van der Waals surface area contributed by atoms with Crippen LogP contribution in [-0.4, -0.2) is 44.4 Å². The lowest BCUT2D eigenvalue weighted by Gasteiger charge is -2.31. The van der Waals surface area contributed by atoms with Crippen molar-refractivity contribution in [3.63, 3.8) is 0 Å². The monoisotopic (exact) mass is 382 g/mol. The van der Waals surface area contributed by atoms with Crippen LogP contribution in [0.5, 0.6) is 5.75 Å². The number of carbonyl (C=O) groups excluding carboxylic acids is 1. The van der Waals surface area contributed by atoms with Crippen molar-refractivity contribution in [1.82, 2.24) is 9.62 Å². The number of amides is 1. The van der Waals surface area contributed by atoms with E-state index in [1.54, 1.807) is 24.3 Å². The maximum atomic E-state index is 12.8. The van der Waals surface area contributed by atoms with Crippen LogP contribution in [0.3, 0.4) is 0 Å². The van der Waals surface area contributed by atoms with Crippen molar-refractivity contribution < 1.29 is 17.9 Å². The second-order valence-electron chi connectivity index (χ2n) is 6.78. The number of nitrogens with zero attached hydrogens (tertiary/aromatic N) is 1. The predicted molar refractivity (Wildman–Crippen MR) is 102 cm³/mol. The second kappa shape index (κ2) is 9.37. The molecule has 1 aliphatic rings. The molecule has 1 N–H and O–H groups in total.